The van der Waals surface area contributed by atoms with Gasteiger partial charge in [-0.2, -0.15) is 0 Å². The normalized spacial score (nSPS) is 11.3. The van der Waals surface area contributed by atoms with Crippen LogP contribution in [0.2, 0.25) is 0 Å². The predicted octanol–water partition coefficient (Wildman–Crippen LogP) is 4.57. The quantitative estimate of drug-likeness (QED) is 0.537. The van der Waals surface area contributed by atoms with E-state index >= 15 is 0 Å². The first-order valence-electron chi connectivity index (χ1n) is 9.36. The van der Waals surface area contributed by atoms with Gasteiger partial charge in [-0.1, -0.05) is 19.1 Å². The number of benzene rings is 2. The molecule has 0 saturated heterocycles. The second-order valence-electron chi connectivity index (χ2n) is 7.09. The first-order valence-corrected chi connectivity index (χ1v) is 10.2. The van der Waals surface area contributed by atoms with E-state index in [2.05, 4.69) is 10.3 Å². The van der Waals surface area contributed by atoms with Crippen LogP contribution in [0.5, 0.6) is 0 Å². The Morgan fingerprint density at radius 1 is 1.21 bits per heavy atom. The second kappa shape index (κ2) is 7.40. The molecule has 0 aliphatic rings. The standard InChI is InChI=1S/C22H20FN3O2S/c1-4-17-25-20-19-15(23)6-5-7-16(19)29-21(20)22(28)26(17)11-18(27)24-14-9-12(2)8-13(3)10-14/h5-10H,4,11H2,1-3H3,(H,24,27). The maximum absolute atomic E-state index is 14.3. The maximum atomic E-state index is 14.3. The summed E-state index contributed by atoms with van der Waals surface area (Å²) in [7, 11) is 0. The number of thiophene rings is 1. The second-order valence-corrected chi connectivity index (χ2v) is 8.14. The summed E-state index contributed by atoms with van der Waals surface area (Å²) >= 11 is 1.20. The summed E-state index contributed by atoms with van der Waals surface area (Å²) in [5.74, 6) is -0.241. The van der Waals surface area contributed by atoms with Crippen LogP contribution in [0.1, 0.15) is 23.9 Å². The van der Waals surface area contributed by atoms with Crippen LogP contribution in [0.15, 0.2) is 41.2 Å². The largest absolute Gasteiger partial charge is 0.325 e. The molecule has 5 nitrogen and oxygen atoms in total. The summed E-state index contributed by atoms with van der Waals surface area (Å²) in [4.78, 5) is 30.3. The zero-order valence-electron chi connectivity index (χ0n) is 16.4. The van der Waals surface area contributed by atoms with Gasteiger partial charge in [0.25, 0.3) is 5.56 Å². The smallest absolute Gasteiger partial charge is 0.272 e. The summed E-state index contributed by atoms with van der Waals surface area (Å²) in [6, 6.07) is 10.5. The molecule has 29 heavy (non-hydrogen) atoms. The summed E-state index contributed by atoms with van der Waals surface area (Å²) in [6.07, 6.45) is 0.452. The van der Waals surface area contributed by atoms with Gasteiger partial charge in [-0.15, -0.1) is 11.3 Å². The van der Waals surface area contributed by atoms with E-state index in [0.29, 0.717) is 38.2 Å². The Balaban J connectivity index is 1.76. The molecule has 2 aromatic heterocycles. The summed E-state index contributed by atoms with van der Waals surface area (Å²) < 4.78 is 16.7. The highest BCUT2D eigenvalue weighted by Crippen LogP contribution is 2.32. The van der Waals surface area contributed by atoms with Crippen molar-refractivity contribution >= 4 is 43.2 Å². The van der Waals surface area contributed by atoms with Crippen molar-refractivity contribution in [2.45, 2.75) is 33.7 Å². The minimum atomic E-state index is -0.395. The fourth-order valence-electron chi connectivity index (χ4n) is 3.60. The lowest BCUT2D eigenvalue weighted by Gasteiger charge is -2.12. The fourth-order valence-corrected chi connectivity index (χ4v) is 4.70. The Bertz CT molecular complexity index is 1300. The van der Waals surface area contributed by atoms with E-state index in [1.807, 2.05) is 39.0 Å². The molecule has 0 spiro atoms. The van der Waals surface area contributed by atoms with Crippen LogP contribution in [0, 0.1) is 19.7 Å². The van der Waals surface area contributed by atoms with Crippen molar-refractivity contribution in [2.75, 3.05) is 5.32 Å². The van der Waals surface area contributed by atoms with Gasteiger partial charge >= 0.3 is 0 Å². The third-order valence-electron chi connectivity index (χ3n) is 4.75. The molecule has 4 rings (SSSR count). The topological polar surface area (TPSA) is 64.0 Å². The van der Waals surface area contributed by atoms with Gasteiger partial charge in [-0.3, -0.25) is 14.2 Å². The molecule has 7 heteroatoms. The van der Waals surface area contributed by atoms with Gasteiger partial charge in [0.2, 0.25) is 5.91 Å². The average molecular weight is 409 g/mol. The number of fused-ring (bicyclic) bond motifs is 3. The molecule has 0 aliphatic heterocycles. The maximum Gasteiger partial charge on any atom is 0.272 e. The van der Waals surface area contributed by atoms with Gasteiger partial charge < -0.3 is 5.32 Å². The van der Waals surface area contributed by atoms with Crippen molar-refractivity contribution in [3.05, 3.63) is 69.5 Å². The number of anilines is 1. The van der Waals surface area contributed by atoms with Crippen molar-refractivity contribution in [3.8, 4) is 0 Å². The van der Waals surface area contributed by atoms with E-state index in [-0.39, 0.29) is 18.0 Å². The van der Waals surface area contributed by atoms with Gasteiger partial charge in [0.05, 0.1) is 10.9 Å². The molecule has 0 atom stereocenters. The molecule has 1 N–H and O–H groups in total. The Kier molecular flexibility index (Phi) is 4.92. The van der Waals surface area contributed by atoms with Crippen molar-refractivity contribution in [3.63, 3.8) is 0 Å². The van der Waals surface area contributed by atoms with E-state index in [0.717, 1.165) is 11.1 Å². The first kappa shape index (κ1) is 19.3. The van der Waals surface area contributed by atoms with Crippen LogP contribution in [-0.4, -0.2) is 15.5 Å². The number of hydrogen-bond acceptors (Lipinski definition) is 4. The highest BCUT2D eigenvalue weighted by Gasteiger charge is 2.19. The van der Waals surface area contributed by atoms with Gasteiger partial charge in [0.1, 0.15) is 22.9 Å². The Morgan fingerprint density at radius 3 is 2.62 bits per heavy atom. The van der Waals surface area contributed by atoms with Crippen LogP contribution < -0.4 is 10.9 Å². The third-order valence-corrected chi connectivity index (χ3v) is 5.89. The van der Waals surface area contributed by atoms with Crippen LogP contribution in [0.3, 0.4) is 0 Å². The SMILES string of the molecule is CCc1nc2c(sc3cccc(F)c32)c(=O)n1CC(=O)Nc1cc(C)cc(C)c1. The van der Waals surface area contributed by atoms with Crippen molar-refractivity contribution in [1.82, 2.24) is 9.55 Å². The number of carbonyl (C=O) groups excluding carboxylic acids is 1. The fraction of sp³-hybridized carbons (Fsp3) is 0.227. The molecule has 148 valence electrons. The minimum Gasteiger partial charge on any atom is -0.325 e. The highest BCUT2D eigenvalue weighted by molar-refractivity contribution is 7.25. The molecular weight excluding hydrogens is 389 g/mol. The van der Waals surface area contributed by atoms with E-state index in [1.54, 1.807) is 12.1 Å². The monoisotopic (exact) mass is 409 g/mol. The average Bonchev–Trinajstić information content (AvgIpc) is 3.03. The minimum absolute atomic E-state index is 0.144. The van der Waals surface area contributed by atoms with E-state index in [9.17, 15) is 14.0 Å². The third kappa shape index (κ3) is 3.53. The van der Waals surface area contributed by atoms with Gasteiger partial charge in [0, 0.05) is 16.8 Å². The van der Waals surface area contributed by atoms with Crippen molar-refractivity contribution in [1.29, 1.82) is 0 Å². The molecule has 0 fully saturated rings. The summed E-state index contributed by atoms with van der Waals surface area (Å²) in [5, 5.41) is 3.22. The molecule has 1 amide bonds. The lowest BCUT2D eigenvalue weighted by atomic mass is 10.1. The number of carbonyl (C=O) groups is 1. The highest BCUT2D eigenvalue weighted by atomic mass is 32.1. The first-order chi connectivity index (χ1) is 13.9. The van der Waals surface area contributed by atoms with E-state index in [1.165, 1.54) is 22.0 Å². The Morgan fingerprint density at radius 2 is 1.93 bits per heavy atom. The van der Waals surface area contributed by atoms with Crippen LogP contribution in [0.25, 0.3) is 20.3 Å². The Labute approximate surface area is 170 Å². The van der Waals surface area contributed by atoms with Crippen molar-refractivity contribution < 1.29 is 9.18 Å². The molecule has 4 aromatic rings. The number of nitrogens with one attached hydrogen (secondary N) is 1. The zero-order chi connectivity index (χ0) is 20.7. The number of halogens is 1. The number of nitrogens with zero attached hydrogens (tertiary/aromatic N) is 2. The van der Waals surface area contributed by atoms with Crippen LogP contribution in [-0.2, 0) is 17.8 Å². The molecular formula is C22H20FN3O2S. The van der Waals surface area contributed by atoms with Gasteiger partial charge in [-0.05, 0) is 49.2 Å². The lowest BCUT2D eigenvalue weighted by molar-refractivity contribution is -0.116. The van der Waals surface area contributed by atoms with E-state index in [4.69, 9.17) is 0 Å². The van der Waals surface area contributed by atoms with Gasteiger partial charge in [0.15, 0.2) is 0 Å². The molecule has 0 unspecified atom stereocenters. The number of aryl methyl sites for hydroxylation is 3. The van der Waals surface area contributed by atoms with Crippen LogP contribution >= 0.6 is 11.3 Å². The molecule has 0 aliphatic carbocycles. The molecule has 2 aromatic carbocycles. The molecule has 0 saturated carbocycles. The number of aromatic nitrogens is 2. The van der Waals surface area contributed by atoms with Gasteiger partial charge in [-0.25, -0.2) is 9.37 Å². The number of hydrogen-bond donors (Lipinski definition) is 1. The van der Waals surface area contributed by atoms with E-state index < -0.39 is 5.82 Å². The lowest BCUT2D eigenvalue weighted by Crippen LogP contribution is -2.30. The summed E-state index contributed by atoms with van der Waals surface area (Å²) in [6.45, 7) is 5.63. The number of rotatable bonds is 4. The predicted molar refractivity (Wildman–Crippen MR) is 115 cm³/mol. The summed E-state index contributed by atoms with van der Waals surface area (Å²) in [5.41, 5.74) is 2.83. The molecule has 2 heterocycles. The number of amides is 1. The zero-order valence-corrected chi connectivity index (χ0v) is 17.2. The molecule has 0 radical (unpaired) electrons. The Hall–Kier alpha value is -3.06. The van der Waals surface area contributed by atoms with Crippen molar-refractivity contribution in [2.24, 2.45) is 0 Å². The molecule has 0 bridgehead atoms. The van der Waals surface area contributed by atoms with Crippen LogP contribution in [0.4, 0.5) is 10.1 Å².